The molecule has 0 spiro atoms. The first kappa shape index (κ1) is 18.5. The summed E-state index contributed by atoms with van der Waals surface area (Å²) in [5, 5.41) is 4.52. The van der Waals surface area contributed by atoms with Crippen LogP contribution in [0.5, 0.6) is 5.75 Å². The Morgan fingerprint density at radius 3 is 2.72 bits per heavy atom. The Labute approximate surface area is 146 Å². The van der Waals surface area contributed by atoms with Gasteiger partial charge in [0, 0.05) is 18.0 Å². The summed E-state index contributed by atoms with van der Waals surface area (Å²) in [6, 6.07) is 11.6. The molecular weight excluding hydrogens is 322 g/mol. The SMILES string of the molecule is C=CC(=O)OCCOCCNC(=O)Oc1c(C)ccc2ccccc12. The minimum Gasteiger partial charge on any atom is -0.460 e. The minimum atomic E-state index is -0.541. The molecule has 0 saturated heterocycles. The highest BCUT2D eigenvalue weighted by atomic mass is 16.6. The molecule has 0 radical (unpaired) electrons. The van der Waals surface area contributed by atoms with Gasteiger partial charge in [-0.15, -0.1) is 0 Å². The Bertz CT molecular complexity index is 757. The molecule has 25 heavy (non-hydrogen) atoms. The molecular formula is C19H21NO5. The van der Waals surface area contributed by atoms with Crippen molar-refractivity contribution in [3.63, 3.8) is 0 Å². The molecule has 0 unspecified atom stereocenters. The van der Waals surface area contributed by atoms with Crippen LogP contribution in [0.2, 0.25) is 0 Å². The van der Waals surface area contributed by atoms with Gasteiger partial charge >= 0.3 is 12.1 Å². The monoisotopic (exact) mass is 343 g/mol. The standard InChI is InChI=1S/C19H21NO5/c1-3-17(21)24-13-12-23-11-10-20-19(22)25-18-14(2)8-9-15-6-4-5-7-16(15)18/h3-9H,1,10-13H2,2H3,(H,20,22). The van der Waals surface area contributed by atoms with Crippen LogP contribution in [-0.2, 0) is 14.3 Å². The molecule has 0 bridgehead atoms. The Morgan fingerprint density at radius 1 is 1.12 bits per heavy atom. The van der Waals surface area contributed by atoms with Crippen molar-refractivity contribution >= 4 is 22.8 Å². The van der Waals surface area contributed by atoms with Gasteiger partial charge in [-0.25, -0.2) is 9.59 Å². The van der Waals surface area contributed by atoms with Gasteiger partial charge in [-0.1, -0.05) is 43.0 Å². The highest BCUT2D eigenvalue weighted by Crippen LogP contribution is 2.29. The molecule has 0 atom stereocenters. The number of carbonyl (C=O) groups excluding carboxylic acids is 2. The molecule has 2 aromatic carbocycles. The number of esters is 1. The number of benzene rings is 2. The lowest BCUT2D eigenvalue weighted by molar-refractivity contribution is -0.139. The maximum atomic E-state index is 12.0. The zero-order valence-corrected chi connectivity index (χ0v) is 14.1. The molecule has 1 amide bonds. The predicted molar refractivity (Wildman–Crippen MR) is 94.7 cm³/mol. The van der Waals surface area contributed by atoms with E-state index in [0.717, 1.165) is 22.4 Å². The summed E-state index contributed by atoms with van der Waals surface area (Å²) in [6.07, 6.45) is 0.550. The molecule has 0 fully saturated rings. The summed E-state index contributed by atoms with van der Waals surface area (Å²) in [5.41, 5.74) is 0.883. The van der Waals surface area contributed by atoms with Crippen LogP contribution in [-0.4, -0.2) is 38.4 Å². The van der Waals surface area contributed by atoms with Crippen molar-refractivity contribution in [2.24, 2.45) is 0 Å². The number of amides is 1. The van der Waals surface area contributed by atoms with Crippen LogP contribution < -0.4 is 10.1 Å². The third kappa shape index (κ3) is 5.61. The lowest BCUT2D eigenvalue weighted by Crippen LogP contribution is -2.30. The van der Waals surface area contributed by atoms with E-state index in [4.69, 9.17) is 14.2 Å². The lowest BCUT2D eigenvalue weighted by Gasteiger charge is -2.12. The fourth-order valence-electron chi connectivity index (χ4n) is 2.20. The minimum absolute atomic E-state index is 0.143. The van der Waals surface area contributed by atoms with Crippen molar-refractivity contribution in [2.45, 2.75) is 6.92 Å². The summed E-state index contributed by atoms with van der Waals surface area (Å²) in [7, 11) is 0. The van der Waals surface area contributed by atoms with E-state index in [1.165, 1.54) is 0 Å². The number of nitrogens with one attached hydrogen (secondary N) is 1. The number of hydrogen-bond acceptors (Lipinski definition) is 5. The molecule has 6 heteroatoms. The van der Waals surface area contributed by atoms with E-state index in [2.05, 4.69) is 11.9 Å². The smallest absolute Gasteiger partial charge is 0.412 e. The summed E-state index contributed by atoms with van der Waals surface area (Å²) >= 11 is 0. The molecule has 0 aliphatic heterocycles. The number of carbonyl (C=O) groups is 2. The second-order valence-corrected chi connectivity index (χ2v) is 5.23. The van der Waals surface area contributed by atoms with E-state index in [0.29, 0.717) is 5.75 Å². The van der Waals surface area contributed by atoms with Gasteiger partial charge in [-0.3, -0.25) is 0 Å². The van der Waals surface area contributed by atoms with Crippen LogP contribution in [0.1, 0.15) is 5.56 Å². The van der Waals surface area contributed by atoms with Gasteiger partial charge in [0.05, 0.1) is 13.2 Å². The average Bonchev–Trinajstić information content (AvgIpc) is 2.63. The van der Waals surface area contributed by atoms with E-state index < -0.39 is 12.1 Å². The predicted octanol–water partition coefficient (Wildman–Crippen LogP) is 2.98. The van der Waals surface area contributed by atoms with Gasteiger partial charge in [0.15, 0.2) is 0 Å². The van der Waals surface area contributed by atoms with Gasteiger partial charge in [0.1, 0.15) is 12.4 Å². The molecule has 1 N–H and O–H groups in total. The van der Waals surface area contributed by atoms with Crippen LogP contribution >= 0.6 is 0 Å². The maximum Gasteiger partial charge on any atom is 0.412 e. The number of rotatable bonds is 8. The summed E-state index contributed by atoms with van der Waals surface area (Å²) in [5.74, 6) is 0.0589. The zero-order chi connectivity index (χ0) is 18.1. The molecule has 0 aromatic heterocycles. The summed E-state index contributed by atoms with van der Waals surface area (Å²) in [4.78, 5) is 22.8. The second-order valence-electron chi connectivity index (χ2n) is 5.23. The van der Waals surface area contributed by atoms with E-state index >= 15 is 0 Å². The average molecular weight is 343 g/mol. The first-order valence-corrected chi connectivity index (χ1v) is 7.93. The fraction of sp³-hybridized carbons (Fsp3) is 0.263. The highest BCUT2D eigenvalue weighted by molar-refractivity contribution is 5.91. The molecule has 2 aromatic rings. The van der Waals surface area contributed by atoms with Gasteiger partial charge in [0.25, 0.3) is 0 Å². The van der Waals surface area contributed by atoms with E-state index in [-0.39, 0.29) is 26.4 Å². The number of aryl methyl sites for hydroxylation is 1. The quantitative estimate of drug-likeness (QED) is 0.453. The Kier molecular flexibility index (Phi) is 6.98. The molecule has 0 saturated carbocycles. The summed E-state index contributed by atoms with van der Waals surface area (Å²) in [6.45, 7) is 6.15. The first-order chi connectivity index (χ1) is 12.1. The number of fused-ring (bicyclic) bond motifs is 1. The third-order valence-corrected chi connectivity index (χ3v) is 3.43. The largest absolute Gasteiger partial charge is 0.460 e. The zero-order valence-electron chi connectivity index (χ0n) is 14.1. The maximum absolute atomic E-state index is 12.0. The normalized spacial score (nSPS) is 10.3. The molecule has 0 heterocycles. The summed E-state index contributed by atoms with van der Waals surface area (Å²) < 4.78 is 15.4. The van der Waals surface area contributed by atoms with Gasteiger partial charge < -0.3 is 19.5 Å². The van der Waals surface area contributed by atoms with Crippen molar-refractivity contribution in [1.29, 1.82) is 0 Å². The molecule has 0 aliphatic carbocycles. The van der Waals surface area contributed by atoms with Crippen LogP contribution in [0.3, 0.4) is 0 Å². The molecule has 0 aliphatic rings. The second kappa shape index (κ2) is 9.44. The fourth-order valence-corrected chi connectivity index (χ4v) is 2.20. The van der Waals surface area contributed by atoms with Crippen molar-refractivity contribution in [1.82, 2.24) is 5.32 Å². The molecule has 6 nitrogen and oxygen atoms in total. The van der Waals surface area contributed by atoms with E-state index in [1.54, 1.807) is 0 Å². The van der Waals surface area contributed by atoms with Crippen molar-refractivity contribution in [3.05, 3.63) is 54.6 Å². The number of ether oxygens (including phenoxy) is 3. The lowest BCUT2D eigenvalue weighted by atomic mass is 10.1. The van der Waals surface area contributed by atoms with Crippen LogP contribution in [0, 0.1) is 6.92 Å². The molecule has 132 valence electrons. The van der Waals surface area contributed by atoms with Crippen molar-refractivity contribution in [2.75, 3.05) is 26.4 Å². The number of hydrogen-bond donors (Lipinski definition) is 1. The van der Waals surface area contributed by atoms with Crippen molar-refractivity contribution < 1.29 is 23.8 Å². The van der Waals surface area contributed by atoms with Gasteiger partial charge in [-0.05, 0) is 17.9 Å². The van der Waals surface area contributed by atoms with Gasteiger partial charge in [-0.2, -0.15) is 0 Å². The van der Waals surface area contributed by atoms with Crippen LogP contribution in [0.4, 0.5) is 4.79 Å². The van der Waals surface area contributed by atoms with E-state index in [1.807, 2.05) is 43.3 Å². The van der Waals surface area contributed by atoms with Gasteiger partial charge in [0.2, 0.25) is 0 Å². The Hall–Kier alpha value is -2.86. The topological polar surface area (TPSA) is 73.9 Å². The molecule has 2 rings (SSSR count). The van der Waals surface area contributed by atoms with Crippen LogP contribution in [0.25, 0.3) is 10.8 Å². The highest BCUT2D eigenvalue weighted by Gasteiger charge is 2.10. The van der Waals surface area contributed by atoms with Crippen LogP contribution in [0.15, 0.2) is 49.1 Å². The Morgan fingerprint density at radius 2 is 1.92 bits per heavy atom. The van der Waals surface area contributed by atoms with E-state index in [9.17, 15) is 9.59 Å². The Balaban J connectivity index is 1.75. The first-order valence-electron chi connectivity index (χ1n) is 7.93. The third-order valence-electron chi connectivity index (χ3n) is 3.43. The van der Waals surface area contributed by atoms with Crippen molar-refractivity contribution in [3.8, 4) is 5.75 Å².